The van der Waals surface area contributed by atoms with Crippen LogP contribution in [0.5, 0.6) is 0 Å². The van der Waals surface area contributed by atoms with E-state index in [4.69, 9.17) is 12.2 Å². The number of benzene rings is 3. The molecule has 7 heteroatoms. The second kappa shape index (κ2) is 8.28. The van der Waals surface area contributed by atoms with E-state index in [0.29, 0.717) is 16.5 Å². The van der Waals surface area contributed by atoms with E-state index in [1.165, 1.54) is 12.1 Å². The monoisotopic (exact) mass is 433 g/mol. The predicted octanol–water partition coefficient (Wildman–Crippen LogP) is 4.99. The normalized spacial score (nSPS) is 12.0. The number of aryl methyl sites for hydroxylation is 1. The van der Waals surface area contributed by atoms with E-state index >= 15 is 0 Å². The summed E-state index contributed by atoms with van der Waals surface area (Å²) in [6.07, 6.45) is 0. The Kier molecular flexibility index (Phi) is 5.52. The minimum absolute atomic E-state index is 0.0492. The van der Waals surface area contributed by atoms with Crippen LogP contribution in [0.4, 0.5) is 4.39 Å². The maximum absolute atomic E-state index is 14.2. The lowest BCUT2D eigenvalue weighted by atomic mass is 10.1. The van der Waals surface area contributed by atoms with Crippen LogP contribution in [0.2, 0.25) is 0 Å². The number of aromatic amines is 1. The molecule has 4 rings (SSSR count). The molecule has 156 valence electrons. The molecule has 0 bridgehead atoms. The predicted molar refractivity (Wildman–Crippen MR) is 122 cm³/mol. The molecule has 0 aliphatic heterocycles. The summed E-state index contributed by atoms with van der Waals surface area (Å²) in [5, 5.41) is 3.26. The van der Waals surface area contributed by atoms with Gasteiger partial charge in [-0.2, -0.15) is 0 Å². The lowest BCUT2D eigenvalue weighted by molar-refractivity contribution is 0.0940. The molecule has 0 aliphatic carbocycles. The first kappa shape index (κ1) is 20.7. The Morgan fingerprint density at radius 2 is 1.81 bits per heavy atom. The molecule has 0 spiro atoms. The molecule has 0 saturated heterocycles. The third-order valence-electron chi connectivity index (χ3n) is 5.18. The number of nitrogens with one attached hydrogen (secondary N) is 2. The highest BCUT2D eigenvalue weighted by molar-refractivity contribution is 7.71. The van der Waals surface area contributed by atoms with Gasteiger partial charge in [-0.25, -0.2) is 8.96 Å². The van der Waals surface area contributed by atoms with Gasteiger partial charge < -0.3 is 10.3 Å². The number of carbonyl (C=O) groups is 1. The molecule has 0 aliphatic rings. The van der Waals surface area contributed by atoms with Crippen LogP contribution in [0.1, 0.15) is 34.5 Å². The molecule has 1 unspecified atom stereocenters. The number of hydrogen-bond acceptors (Lipinski definition) is 3. The van der Waals surface area contributed by atoms with Crippen LogP contribution in [-0.2, 0) is 0 Å². The van der Waals surface area contributed by atoms with Crippen LogP contribution < -0.4 is 10.9 Å². The number of rotatable bonds is 4. The molecule has 2 N–H and O–H groups in total. The van der Waals surface area contributed by atoms with Crippen molar-refractivity contribution < 1.29 is 9.18 Å². The van der Waals surface area contributed by atoms with Crippen LogP contribution in [0.3, 0.4) is 0 Å². The highest BCUT2D eigenvalue weighted by Gasteiger charge is 2.15. The van der Waals surface area contributed by atoms with Gasteiger partial charge in [0.05, 0.1) is 22.6 Å². The summed E-state index contributed by atoms with van der Waals surface area (Å²) in [5.74, 6) is -0.822. The topological polar surface area (TPSA) is 66.9 Å². The van der Waals surface area contributed by atoms with Crippen molar-refractivity contribution in [1.29, 1.82) is 0 Å². The van der Waals surface area contributed by atoms with E-state index in [0.717, 1.165) is 15.7 Å². The lowest BCUT2D eigenvalue weighted by Gasteiger charge is -2.15. The van der Waals surface area contributed by atoms with Gasteiger partial charge in [-0.1, -0.05) is 42.0 Å². The molecule has 3 aromatic carbocycles. The van der Waals surface area contributed by atoms with E-state index in [2.05, 4.69) is 10.3 Å². The summed E-state index contributed by atoms with van der Waals surface area (Å²) in [4.78, 5) is 28.7. The summed E-state index contributed by atoms with van der Waals surface area (Å²) in [7, 11) is 0. The Hall–Kier alpha value is -3.58. The molecule has 5 nitrogen and oxygen atoms in total. The number of para-hydroxylation sites is 1. The second-order valence-corrected chi connectivity index (χ2v) is 7.78. The smallest absolute Gasteiger partial charge is 0.266 e. The van der Waals surface area contributed by atoms with E-state index in [-0.39, 0.29) is 22.4 Å². The van der Waals surface area contributed by atoms with Gasteiger partial charge in [0.1, 0.15) is 5.82 Å². The molecule has 0 fully saturated rings. The van der Waals surface area contributed by atoms with Gasteiger partial charge in [0.2, 0.25) is 0 Å². The zero-order valence-corrected chi connectivity index (χ0v) is 17.8. The number of carbonyl (C=O) groups excluding carboxylic acids is 1. The van der Waals surface area contributed by atoms with Crippen LogP contribution in [0.25, 0.3) is 16.6 Å². The van der Waals surface area contributed by atoms with Gasteiger partial charge in [0.25, 0.3) is 11.5 Å². The van der Waals surface area contributed by atoms with Gasteiger partial charge in [-0.15, -0.1) is 0 Å². The van der Waals surface area contributed by atoms with Crippen LogP contribution in [0.15, 0.2) is 71.5 Å². The molecule has 4 aromatic rings. The molecule has 1 amide bonds. The average Bonchev–Trinajstić information content (AvgIpc) is 2.75. The number of aromatic nitrogens is 2. The molecule has 0 saturated carbocycles. The van der Waals surface area contributed by atoms with Crippen molar-refractivity contribution in [2.75, 3.05) is 0 Å². The van der Waals surface area contributed by atoms with Crippen LogP contribution in [0, 0.1) is 17.5 Å². The fraction of sp³-hybridized carbons (Fsp3) is 0.125. The SMILES string of the molecule is Cc1ccc(C(C)NC(=O)c2ccc3c(=O)n(-c4ccccc4F)c(=S)[nH]c3c2)cc1. The number of H-pyrrole nitrogens is 1. The Morgan fingerprint density at radius 1 is 1.10 bits per heavy atom. The van der Waals surface area contributed by atoms with Crippen molar-refractivity contribution in [1.82, 2.24) is 14.9 Å². The van der Waals surface area contributed by atoms with Crippen molar-refractivity contribution in [3.05, 3.63) is 104 Å². The standard InChI is InChI=1S/C24H20FN3O2S/c1-14-7-9-16(10-8-14)15(2)26-22(29)17-11-12-18-20(13-17)27-24(31)28(23(18)30)21-6-4-3-5-19(21)25/h3-13,15H,1-2H3,(H,26,29)(H,27,31). The summed E-state index contributed by atoms with van der Waals surface area (Å²) >= 11 is 5.30. The largest absolute Gasteiger partial charge is 0.346 e. The number of fused-ring (bicyclic) bond motifs is 1. The zero-order valence-electron chi connectivity index (χ0n) is 17.0. The zero-order chi connectivity index (χ0) is 22.1. The molecule has 0 radical (unpaired) electrons. The Morgan fingerprint density at radius 3 is 2.52 bits per heavy atom. The van der Waals surface area contributed by atoms with Gasteiger partial charge in [-0.05, 0) is 62.0 Å². The molecule has 1 atom stereocenters. The van der Waals surface area contributed by atoms with E-state index in [1.54, 1.807) is 30.3 Å². The molecule has 1 heterocycles. The summed E-state index contributed by atoms with van der Waals surface area (Å²) in [5.41, 5.74) is 2.56. The van der Waals surface area contributed by atoms with Gasteiger partial charge >= 0.3 is 0 Å². The van der Waals surface area contributed by atoms with Crippen molar-refractivity contribution >= 4 is 29.0 Å². The Balaban J connectivity index is 1.69. The second-order valence-electron chi connectivity index (χ2n) is 7.39. The van der Waals surface area contributed by atoms with Crippen molar-refractivity contribution in [3.63, 3.8) is 0 Å². The summed E-state index contributed by atoms with van der Waals surface area (Å²) in [6.45, 7) is 3.91. The van der Waals surface area contributed by atoms with E-state index in [1.807, 2.05) is 38.1 Å². The minimum Gasteiger partial charge on any atom is -0.346 e. The lowest BCUT2D eigenvalue weighted by Crippen LogP contribution is -2.27. The van der Waals surface area contributed by atoms with Crippen molar-refractivity contribution in [2.24, 2.45) is 0 Å². The summed E-state index contributed by atoms with van der Waals surface area (Å²) in [6, 6.07) is 18.4. The van der Waals surface area contributed by atoms with E-state index < -0.39 is 11.4 Å². The van der Waals surface area contributed by atoms with Crippen LogP contribution >= 0.6 is 12.2 Å². The van der Waals surface area contributed by atoms with Gasteiger partial charge in [-0.3, -0.25) is 9.59 Å². The average molecular weight is 434 g/mol. The van der Waals surface area contributed by atoms with Crippen molar-refractivity contribution in [2.45, 2.75) is 19.9 Å². The highest BCUT2D eigenvalue weighted by Crippen LogP contribution is 2.17. The Bertz CT molecular complexity index is 1410. The summed E-state index contributed by atoms with van der Waals surface area (Å²) < 4.78 is 15.4. The van der Waals surface area contributed by atoms with Gasteiger partial charge in [0, 0.05) is 5.56 Å². The number of hydrogen-bond donors (Lipinski definition) is 2. The van der Waals surface area contributed by atoms with Crippen molar-refractivity contribution in [3.8, 4) is 5.69 Å². The van der Waals surface area contributed by atoms with Crippen LogP contribution in [-0.4, -0.2) is 15.5 Å². The highest BCUT2D eigenvalue weighted by atomic mass is 32.1. The quantitative estimate of drug-likeness (QED) is 0.446. The fourth-order valence-electron chi connectivity index (χ4n) is 3.43. The molecule has 1 aromatic heterocycles. The van der Waals surface area contributed by atoms with E-state index in [9.17, 15) is 14.0 Å². The first-order valence-corrected chi connectivity index (χ1v) is 10.2. The maximum Gasteiger partial charge on any atom is 0.266 e. The molecule has 31 heavy (non-hydrogen) atoms. The number of amides is 1. The minimum atomic E-state index is -0.551. The molecular weight excluding hydrogens is 413 g/mol. The fourth-order valence-corrected chi connectivity index (χ4v) is 3.72. The van der Waals surface area contributed by atoms with Gasteiger partial charge in [0.15, 0.2) is 4.77 Å². The Labute approximate surface area is 183 Å². The number of nitrogens with zero attached hydrogens (tertiary/aromatic N) is 1. The third-order valence-corrected chi connectivity index (χ3v) is 5.46. The maximum atomic E-state index is 14.2. The molecular formula is C24H20FN3O2S. The first-order chi connectivity index (χ1) is 14.8. The third kappa shape index (κ3) is 4.04. The number of halogens is 1. The first-order valence-electron chi connectivity index (χ1n) is 9.76.